The van der Waals surface area contributed by atoms with Crippen LogP contribution >= 0.6 is 0 Å². The summed E-state index contributed by atoms with van der Waals surface area (Å²) in [7, 11) is 0. The van der Waals surface area contributed by atoms with Crippen LogP contribution in [0.3, 0.4) is 0 Å². The van der Waals surface area contributed by atoms with Crippen LogP contribution in [0.2, 0.25) is 0 Å². The van der Waals surface area contributed by atoms with Crippen LogP contribution in [0.15, 0.2) is 0 Å². The van der Waals surface area contributed by atoms with Crippen molar-refractivity contribution in [3.8, 4) is 0 Å². The molecule has 1 unspecified atom stereocenters. The van der Waals surface area contributed by atoms with Gasteiger partial charge in [-0.15, -0.1) is 0 Å². The number of hydrogen-bond donors (Lipinski definition) is 0. The van der Waals surface area contributed by atoms with Crippen LogP contribution in [0.5, 0.6) is 0 Å². The predicted molar refractivity (Wildman–Crippen MR) is 21.0 cm³/mol. The van der Waals surface area contributed by atoms with Crippen molar-refractivity contribution < 1.29 is 86.3 Å². The minimum absolute atomic E-state index is 0. The van der Waals surface area contributed by atoms with Crippen LogP contribution in [0, 0.1) is 0 Å². The maximum Gasteiger partial charge on any atom is 1.00 e. The summed E-state index contributed by atoms with van der Waals surface area (Å²) in [5.74, 6) is 0. The number of alkyl halides is 5. The average Bonchev–Trinajstić information content (AvgIpc) is 1.56. The van der Waals surface area contributed by atoms with E-state index in [2.05, 4.69) is 4.18 Å². The van der Waals surface area contributed by atoms with Crippen molar-refractivity contribution in [2.24, 2.45) is 0 Å². The van der Waals surface area contributed by atoms with Crippen molar-refractivity contribution in [2.75, 3.05) is 0 Å². The molecule has 0 radical (unpaired) electrons. The van der Waals surface area contributed by atoms with E-state index in [1.54, 1.807) is 0 Å². The van der Waals surface area contributed by atoms with E-state index in [0.29, 0.717) is 0 Å². The second-order valence-electron chi connectivity index (χ2n) is 1.30. The van der Waals surface area contributed by atoms with E-state index in [-0.39, 0.29) is 51.4 Å². The number of rotatable bonds is 2. The Hall–Kier alpha value is 1.36. The van der Waals surface area contributed by atoms with Crippen LogP contribution in [0.4, 0.5) is 22.0 Å². The van der Waals surface area contributed by atoms with Gasteiger partial charge in [-0.05, 0) is 0 Å². The molecule has 3 nitrogen and oxygen atoms in total. The van der Waals surface area contributed by atoms with Gasteiger partial charge in [0.05, 0.1) is 11.4 Å². The fourth-order valence-corrected chi connectivity index (χ4v) is 0.398. The Morgan fingerprint density at radius 1 is 1.17 bits per heavy atom. The van der Waals surface area contributed by atoms with Gasteiger partial charge in [0.25, 0.3) is 0 Å². The maximum atomic E-state index is 11.4. The summed E-state index contributed by atoms with van der Waals surface area (Å²) in [6.07, 6.45) is -11.7. The first-order chi connectivity index (χ1) is 4.67. The third-order valence-electron chi connectivity index (χ3n) is 0.503. The molecule has 0 saturated carbocycles. The molecule has 0 heterocycles. The smallest absolute Gasteiger partial charge is 0.750 e. The van der Waals surface area contributed by atoms with Gasteiger partial charge in [-0.2, -0.15) is 22.0 Å². The van der Waals surface area contributed by atoms with Gasteiger partial charge >= 0.3 is 63.7 Å². The SMILES string of the molecule is O=S([O-])OC(F)(F)C(F)(F)F.[K+]. The fourth-order valence-electron chi connectivity index (χ4n) is 0.133. The largest absolute Gasteiger partial charge is 1.00 e. The molecule has 0 aromatic heterocycles. The normalized spacial score (nSPS) is 15.2. The van der Waals surface area contributed by atoms with Crippen molar-refractivity contribution in [2.45, 2.75) is 12.3 Å². The molecule has 0 aliphatic rings. The van der Waals surface area contributed by atoms with E-state index in [4.69, 9.17) is 0 Å². The Morgan fingerprint density at radius 2 is 1.50 bits per heavy atom. The molecule has 0 rings (SSSR count). The summed E-state index contributed by atoms with van der Waals surface area (Å²) in [6, 6.07) is 0. The molecular formula is C2F5KO3S. The molecular weight excluding hydrogens is 238 g/mol. The zero-order valence-electron chi connectivity index (χ0n) is 5.52. The summed E-state index contributed by atoms with van der Waals surface area (Å²) in [4.78, 5) is 0. The standard InChI is InChI=1S/C2HF5O3S.K/c3-1(4,5)2(6,7)10-11(8)9;/h(H,8,9);/q;+1/p-1. The molecule has 0 amide bonds. The van der Waals surface area contributed by atoms with Gasteiger partial charge in [0, 0.05) is 0 Å². The molecule has 0 N–H and O–H groups in total. The molecule has 10 heteroatoms. The second-order valence-corrected chi connectivity index (χ2v) is 1.88. The van der Waals surface area contributed by atoms with Gasteiger partial charge in [0.2, 0.25) is 0 Å². The molecule has 0 aromatic carbocycles. The van der Waals surface area contributed by atoms with E-state index >= 15 is 0 Å². The predicted octanol–water partition coefficient (Wildman–Crippen LogP) is -2.04. The molecule has 0 aromatic rings. The molecule has 0 bridgehead atoms. The van der Waals surface area contributed by atoms with Crippen molar-refractivity contribution >= 4 is 11.4 Å². The quantitative estimate of drug-likeness (QED) is 0.316. The Balaban J connectivity index is 0. The van der Waals surface area contributed by atoms with E-state index < -0.39 is 23.6 Å². The Kier molecular flexibility index (Phi) is 6.97. The summed E-state index contributed by atoms with van der Waals surface area (Å²) < 4.78 is 76.8. The van der Waals surface area contributed by atoms with Crippen molar-refractivity contribution in [3.63, 3.8) is 0 Å². The third-order valence-corrected chi connectivity index (χ3v) is 0.848. The first-order valence-corrected chi connectivity index (χ1v) is 2.90. The summed E-state index contributed by atoms with van der Waals surface area (Å²) >= 11 is -3.90. The molecule has 0 saturated heterocycles. The molecule has 0 fully saturated rings. The fraction of sp³-hybridized carbons (Fsp3) is 1.00. The Morgan fingerprint density at radius 3 is 1.58 bits per heavy atom. The first kappa shape index (κ1) is 15.8. The zero-order chi connectivity index (χ0) is 9.28. The second kappa shape index (κ2) is 5.29. The summed E-state index contributed by atoms with van der Waals surface area (Å²) in [5, 5.41) is 0. The van der Waals surface area contributed by atoms with Gasteiger partial charge in [0.1, 0.15) is 0 Å². The minimum Gasteiger partial charge on any atom is -0.750 e. The van der Waals surface area contributed by atoms with E-state index in [0.717, 1.165) is 0 Å². The average molecular weight is 238 g/mol. The number of halogens is 5. The van der Waals surface area contributed by atoms with Crippen LogP contribution < -0.4 is 51.4 Å². The van der Waals surface area contributed by atoms with E-state index in [9.17, 15) is 30.7 Å². The third kappa shape index (κ3) is 5.17. The summed E-state index contributed by atoms with van der Waals surface area (Å²) in [6.45, 7) is 0. The Labute approximate surface area is 109 Å². The van der Waals surface area contributed by atoms with Crippen LogP contribution in [-0.2, 0) is 15.5 Å². The van der Waals surface area contributed by atoms with Gasteiger partial charge in [0.15, 0.2) is 0 Å². The minimum atomic E-state index is -6.02. The molecule has 68 valence electrons. The Bertz CT molecular complexity index is 169. The maximum absolute atomic E-state index is 11.4. The van der Waals surface area contributed by atoms with Crippen LogP contribution in [-0.4, -0.2) is 21.0 Å². The monoisotopic (exact) mass is 238 g/mol. The zero-order valence-corrected chi connectivity index (χ0v) is 9.46. The van der Waals surface area contributed by atoms with Crippen molar-refractivity contribution in [3.05, 3.63) is 0 Å². The van der Waals surface area contributed by atoms with Gasteiger partial charge in [-0.3, -0.25) is 0 Å². The summed E-state index contributed by atoms with van der Waals surface area (Å²) in [5.41, 5.74) is 0. The van der Waals surface area contributed by atoms with Crippen LogP contribution in [0.1, 0.15) is 0 Å². The molecule has 1 atom stereocenters. The van der Waals surface area contributed by atoms with Crippen molar-refractivity contribution in [1.82, 2.24) is 0 Å². The molecule has 0 aliphatic heterocycles. The molecule has 0 spiro atoms. The van der Waals surface area contributed by atoms with E-state index in [1.807, 2.05) is 0 Å². The number of hydrogen-bond acceptors (Lipinski definition) is 3. The van der Waals surface area contributed by atoms with E-state index in [1.165, 1.54) is 0 Å². The van der Waals surface area contributed by atoms with Gasteiger partial charge in [-0.1, -0.05) is 0 Å². The molecule has 12 heavy (non-hydrogen) atoms. The molecule has 0 aliphatic carbocycles. The van der Waals surface area contributed by atoms with Crippen LogP contribution in [0.25, 0.3) is 0 Å². The van der Waals surface area contributed by atoms with Crippen molar-refractivity contribution in [1.29, 1.82) is 0 Å². The van der Waals surface area contributed by atoms with Gasteiger partial charge in [-0.25, -0.2) is 8.39 Å². The van der Waals surface area contributed by atoms with Gasteiger partial charge < -0.3 is 4.55 Å². The topological polar surface area (TPSA) is 49.4 Å². The first-order valence-electron chi connectivity index (χ1n) is 1.90.